The zero-order chi connectivity index (χ0) is 23.5. The molecular formula is C23H16F3N5O2. The summed E-state index contributed by atoms with van der Waals surface area (Å²) in [5.74, 6) is -0.0491. The van der Waals surface area contributed by atoms with Crippen molar-refractivity contribution in [3.05, 3.63) is 92.8 Å². The van der Waals surface area contributed by atoms with E-state index in [-0.39, 0.29) is 17.1 Å². The Bertz CT molecular complexity index is 1610. The van der Waals surface area contributed by atoms with Gasteiger partial charge in [0.25, 0.3) is 5.56 Å². The van der Waals surface area contributed by atoms with Gasteiger partial charge in [-0.25, -0.2) is 9.48 Å². The second kappa shape index (κ2) is 7.16. The number of benzene rings is 2. The van der Waals surface area contributed by atoms with Gasteiger partial charge in [-0.1, -0.05) is 24.3 Å². The number of fused-ring (bicyclic) bond motifs is 2. The van der Waals surface area contributed by atoms with Gasteiger partial charge in [-0.15, -0.1) is 0 Å². The van der Waals surface area contributed by atoms with Crippen LogP contribution in [-0.4, -0.2) is 23.9 Å². The zero-order valence-corrected chi connectivity index (χ0v) is 17.5. The number of hydrogen-bond donors (Lipinski definition) is 0. The molecule has 10 heteroatoms. The second-order valence-electron chi connectivity index (χ2n) is 7.59. The Morgan fingerprint density at radius 1 is 0.909 bits per heavy atom. The number of nitrogens with zero attached hydrogens (tertiary/aromatic N) is 5. The number of halogens is 3. The zero-order valence-electron chi connectivity index (χ0n) is 17.5. The number of aromatic nitrogens is 5. The average molecular weight is 451 g/mol. The van der Waals surface area contributed by atoms with E-state index in [0.717, 1.165) is 16.7 Å². The van der Waals surface area contributed by atoms with E-state index in [1.54, 1.807) is 41.9 Å². The van der Waals surface area contributed by atoms with Gasteiger partial charge < -0.3 is 0 Å². The highest BCUT2D eigenvalue weighted by molar-refractivity contribution is 5.88. The molecule has 0 fully saturated rings. The van der Waals surface area contributed by atoms with Crippen LogP contribution in [0.15, 0.2) is 70.3 Å². The lowest BCUT2D eigenvalue weighted by atomic mass is 10.1. The van der Waals surface area contributed by atoms with Crippen LogP contribution in [0.4, 0.5) is 13.2 Å². The number of aryl methyl sites for hydroxylation is 1. The van der Waals surface area contributed by atoms with E-state index in [4.69, 9.17) is 0 Å². The maximum atomic E-state index is 13.5. The number of alkyl halides is 3. The summed E-state index contributed by atoms with van der Waals surface area (Å²) in [6, 6.07) is 15.2. The molecule has 0 saturated carbocycles. The maximum Gasteiger partial charge on any atom is 0.416 e. The van der Waals surface area contributed by atoms with Crippen molar-refractivity contribution in [2.45, 2.75) is 13.1 Å². The molecule has 0 bridgehead atoms. The Balaban J connectivity index is 2.01. The van der Waals surface area contributed by atoms with Gasteiger partial charge in [0.05, 0.1) is 22.5 Å². The summed E-state index contributed by atoms with van der Waals surface area (Å²) >= 11 is 0. The predicted molar refractivity (Wildman–Crippen MR) is 116 cm³/mol. The quantitative estimate of drug-likeness (QED) is 0.410. The van der Waals surface area contributed by atoms with Crippen LogP contribution < -0.4 is 11.2 Å². The van der Waals surface area contributed by atoms with Crippen LogP contribution in [0.25, 0.3) is 33.8 Å². The van der Waals surface area contributed by atoms with Crippen molar-refractivity contribution in [3.63, 3.8) is 0 Å². The first kappa shape index (κ1) is 20.7. The fourth-order valence-electron chi connectivity index (χ4n) is 3.86. The molecular weight excluding hydrogens is 435 g/mol. The van der Waals surface area contributed by atoms with E-state index in [1.165, 1.54) is 23.7 Å². The van der Waals surface area contributed by atoms with Gasteiger partial charge in [-0.05, 0) is 43.3 Å². The van der Waals surface area contributed by atoms with E-state index in [9.17, 15) is 22.8 Å². The number of rotatable bonds is 2. The van der Waals surface area contributed by atoms with Crippen LogP contribution in [0.1, 0.15) is 11.3 Å². The summed E-state index contributed by atoms with van der Waals surface area (Å²) in [4.78, 5) is 29.3. The predicted octanol–water partition coefficient (Wildman–Crippen LogP) is 3.70. The average Bonchev–Trinajstić information content (AvgIpc) is 3.13. The normalized spacial score (nSPS) is 12.0. The SMILES string of the molecule is Cc1nn(-c2ccccc2)c2c1cc1c(=O)n(C)c(=O)nc-1n2-c1cccc(C(F)(F)F)c1. The molecule has 2 aliphatic heterocycles. The summed E-state index contributed by atoms with van der Waals surface area (Å²) in [7, 11) is 1.30. The van der Waals surface area contributed by atoms with Gasteiger partial charge in [-0.2, -0.15) is 23.3 Å². The molecule has 1 aromatic heterocycles. The molecule has 2 aromatic carbocycles. The molecule has 0 spiro atoms. The van der Waals surface area contributed by atoms with E-state index < -0.39 is 23.0 Å². The van der Waals surface area contributed by atoms with E-state index in [0.29, 0.717) is 22.4 Å². The lowest BCUT2D eigenvalue weighted by molar-refractivity contribution is -0.137. The highest BCUT2D eigenvalue weighted by Crippen LogP contribution is 2.34. The van der Waals surface area contributed by atoms with E-state index >= 15 is 0 Å². The molecule has 0 unspecified atom stereocenters. The van der Waals surface area contributed by atoms with Gasteiger partial charge >= 0.3 is 11.9 Å². The highest BCUT2D eigenvalue weighted by atomic mass is 19.4. The topological polar surface area (TPSA) is 74.7 Å². The minimum Gasteiger partial charge on any atom is -0.278 e. The first-order chi connectivity index (χ1) is 15.7. The first-order valence-electron chi connectivity index (χ1n) is 9.92. The number of para-hydroxylation sites is 1. The van der Waals surface area contributed by atoms with Crippen LogP contribution in [0.5, 0.6) is 0 Å². The highest BCUT2D eigenvalue weighted by Gasteiger charge is 2.31. The van der Waals surface area contributed by atoms with Crippen LogP contribution in [0.2, 0.25) is 0 Å². The molecule has 0 aliphatic carbocycles. The Morgan fingerprint density at radius 2 is 1.61 bits per heavy atom. The standard InChI is InChI=1S/C23H16F3N5O2/c1-13-17-12-18-19(27-22(33)29(2)21(18)32)30(16-10-6-7-14(11-16)23(24,25)26)20(17)31(28-13)15-8-4-3-5-9-15/h3-12H,1-2H3. The van der Waals surface area contributed by atoms with Crippen molar-refractivity contribution >= 4 is 11.0 Å². The molecule has 33 heavy (non-hydrogen) atoms. The molecule has 0 N–H and O–H groups in total. The fraction of sp³-hybridized carbons (Fsp3) is 0.130. The Kier molecular flexibility index (Phi) is 4.48. The molecule has 0 atom stereocenters. The molecule has 3 aromatic rings. The fourth-order valence-corrected chi connectivity index (χ4v) is 3.86. The van der Waals surface area contributed by atoms with Crippen molar-refractivity contribution in [1.29, 1.82) is 0 Å². The Labute approximate surface area is 184 Å². The smallest absolute Gasteiger partial charge is 0.278 e. The van der Waals surface area contributed by atoms with Crippen LogP contribution >= 0.6 is 0 Å². The van der Waals surface area contributed by atoms with E-state index in [1.807, 2.05) is 6.07 Å². The molecule has 5 rings (SSSR count). The van der Waals surface area contributed by atoms with Gasteiger partial charge in [0, 0.05) is 18.1 Å². The minimum absolute atomic E-state index is 0.0491. The number of hydrogen-bond acceptors (Lipinski definition) is 4. The van der Waals surface area contributed by atoms with Gasteiger partial charge in [0.1, 0.15) is 5.65 Å². The third kappa shape index (κ3) is 3.22. The number of pyridine rings is 1. The molecule has 3 heterocycles. The first-order valence-corrected chi connectivity index (χ1v) is 9.92. The molecule has 166 valence electrons. The van der Waals surface area contributed by atoms with Gasteiger partial charge in [0.2, 0.25) is 0 Å². The monoisotopic (exact) mass is 451 g/mol. The third-order valence-corrected chi connectivity index (χ3v) is 5.49. The van der Waals surface area contributed by atoms with Crippen molar-refractivity contribution in [3.8, 4) is 22.8 Å². The van der Waals surface area contributed by atoms with Gasteiger partial charge in [-0.3, -0.25) is 13.9 Å². The molecule has 0 radical (unpaired) electrons. The minimum atomic E-state index is -4.58. The van der Waals surface area contributed by atoms with Crippen LogP contribution in [0.3, 0.4) is 0 Å². The summed E-state index contributed by atoms with van der Waals surface area (Å²) in [5.41, 5.74) is -0.492. The maximum absolute atomic E-state index is 13.5. The second-order valence-corrected chi connectivity index (χ2v) is 7.59. The summed E-state index contributed by atoms with van der Waals surface area (Å²) in [6.45, 7) is 1.74. The lowest BCUT2D eigenvalue weighted by Crippen LogP contribution is -2.35. The molecule has 2 aliphatic rings. The summed E-state index contributed by atoms with van der Waals surface area (Å²) in [5, 5.41) is 5.12. The molecule has 7 nitrogen and oxygen atoms in total. The Hall–Kier alpha value is -4.21. The van der Waals surface area contributed by atoms with Crippen molar-refractivity contribution < 1.29 is 13.2 Å². The Morgan fingerprint density at radius 3 is 2.30 bits per heavy atom. The van der Waals surface area contributed by atoms with Crippen molar-refractivity contribution in [1.82, 2.24) is 23.9 Å². The lowest BCUT2D eigenvalue weighted by Gasteiger charge is -2.19. The molecule has 0 saturated heterocycles. The van der Waals surface area contributed by atoms with Crippen LogP contribution in [-0.2, 0) is 13.2 Å². The summed E-state index contributed by atoms with van der Waals surface area (Å²) in [6.07, 6.45) is -4.58. The summed E-state index contributed by atoms with van der Waals surface area (Å²) < 4.78 is 44.3. The van der Waals surface area contributed by atoms with Crippen molar-refractivity contribution in [2.24, 2.45) is 7.05 Å². The van der Waals surface area contributed by atoms with Crippen LogP contribution in [0, 0.1) is 6.92 Å². The molecule has 0 amide bonds. The van der Waals surface area contributed by atoms with Crippen molar-refractivity contribution in [2.75, 3.05) is 0 Å². The third-order valence-electron chi connectivity index (χ3n) is 5.49. The largest absolute Gasteiger partial charge is 0.416 e. The van der Waals surface area contributed by atoms with Gasteiger partial charge in [0.15, 0.2) is 5.82 Å². The van der Waals surface area contributed by atoms with E-state index in [2.05, 4.69) is 10.1 Å².